The molecular formula is C6H7BrN2. The maximum absolute atomic E-state index is 4.04. The standard InChI is InChI=1S/C6H7BrN2/c1-3-5-4-6(7)8-9(5)2/h3-4H,1H2,2H3. The van der Waals surface area contributed by atoms with Crippen molar-refractivity contribution in [2.24, 2.45) is 7.05 Å². The van der Waals surface area contributed by atoms with Gasteiger partial charge in [0, 0.05) is 7.05 Å². The predicted molar refractivity (Wildman–Crippen MR) is 41.0 cm³/mol. The molecule has 0 spiro atoms. The molecule has 1 aromatic rings. The molecule has 0 aliphatic heterocycles. The van der Waals surface area contributed by atoms with Crippen LogP contribution < -0.4 is 0 Å². The Morgan fingerprint density at radius 1 is 1.89 bits per heavy atom. The maximum atomic E-state index is 4.04. The Hall–Kier alpha value is -0.570. The van der Waals surface area contributed by atoms with E-state index in [1.807, 2.05) is 13.1 Å². The van der Waals surface area contributed by atoms with Gasteiger partial charge in [0.05, 0.1) is 5.69 Å². The summed E-state index contributed by atoms with van der Waals surface area (Å²) >= 11 is 3.24. The molecular weight excluding hydrogens is 180 g/mol. The Bertz CT molecular complexity index is 227. The van der Waals surface area contributed by atoms with Crippen LogP contribution in [0.15, 0.2) is 17.2 Å². The monoisotopic (exact) mass is 186 g/mol. The van der Waals surface area contributed by atoms with Gasteiger partial charge in [-0.05, 0) is 28.1 Å². The van der Waals surface area contributed by atoms with Gasteiger partial charge in [0.2, 0.25) is 0 Å². The number of hydrogen-bond acceptors (Lipinski definition) is 1. The summed E-state index contributed by atoms with van der Waals surface area (Å²) in [6.45, 7) is 3.62. The molecule has 48 valence electrons. The highest BCUT2D eigenvalue weighted by Gasteiger charge is 1.95. The number of halogens is 1. The highest BCUT2D eigenvalue weighted by atomic mass is 79.9. The first-order valence-corrected chi connectivity index (χ1v) is 3.35. The summed E-state index contributed by atoms with van der Waals surface area (Å²) < 4.78 is 2.61. The van der Waals surface area contributed by atoms with E-state index in [4.69, 9.17) is 0 Å². The minimum absolute atomic E-state index is 0.847. The molecule has 1 heterocycles. The normalized spacial score (nSPS) is 9.56. The average molecular weight is 187 g/mol. The number of hydrogen-bond donors (Lipinski definition) is 0. The van der Waals surface area contributed by atoms with Gasteiger partial charge in [-0.1, -0.05) is 6.58 Å². The second kappa shape index (κ2) is 2.35. The van der Waals surface area contributed by atoms with E-state index in [0.717, 1.165) is 10.3 Å². The van der Waals surface area contributed by atoms with Crippen molar-refractivity contribution in [2.45, 2.75) is 0 Å². The molecule has 0 N–H and O–H groups in total. The van der Waals surface area contributed by atoms with Crippen molar-refractivity contribution in [3.63, 3.8) is 0 Å². The first kappa shape index (κ1) is 6.55. The van der Waals surface area contributed by atoms with Gasteiger partial charge in [0.25, 0.3) is 0 Å². The van der Waals surface area contributed by atoms with Crippen molar-refractivity contribution in [3.05, 3.63) is 22.9 Å². The predicted octanol–water partition coefficient (Wildman–Crippen LogP) is 1.83. The van der Waals surface area contributed by atoms with E-state index in [1.165, 1.54) is 0 Å². The van der Waals surface area contributed by atoms with Gasteiger partial charge in [0.15, 0.2) is 0 Å². The fourth-order valence-corrected chi connectivity index (χ4v) is 1.11. The fraction of sp³-hybridized carbons (Fsp3) is 0.167. The molecule has 0 radical (unpaired) electrons. The van der Waals surface area contributed by atoms with Gasteiger partial charge in [-0.2, -0.15) is 5.10 Å². The summed E-state index contributed by atoms with van der Waals surface area (Å²) in [6, 6.07) is 1.91. The van der Waals surface area contributed by atoms with Gasteiger partial charge in [0.1, 0.15) is 4.60 Å². The third-order valence-corrected chi connectivity index (χ3v) is 1.48. The lowest BCUT2D eigenvalue weighted by molar-refractivity contribution is 0.753. The topological polar surface area (TPSA) is 17.8 Å². The van der Waals surface area contributed by atoms with Crippen molar-refractivity contribution in [2.75, 3.05) is 0 Å². The molecule has 0 unspecified atom stereocenters. The molecule has 0 saturated heterocycles. The first-order chi connectivity index (χ1) is 4.24. The highest BCUT2D eigenvalue weighted by molar-refractivity contribution is 9.10. The summed E-state index contributed by atoms with van der Waals surface area (Å²) in [6.07, 6.45) is 1.76. The Balaban J connectivity index is 3.15. The van der Waals surface area contributed by atoms with E-state index >= 15 is 0 Å². The molecule has 0 aliphatic rings. The highest BCUT2D eigenvalue weighted by Crippen LogP contribution is 2.09. The van der Waals surface area contributed by atoms with Crippen molar-refractivity contribution >= 4 is 22.0 Å². The lowest BCUT2D eigenvalue weighted by Gasteiger charge is -1.89. The van der Waals surface area contributed by atoms with Crippen LogP contribution in [0.1, 0.15) is 5.69 Å². The summed E-state index contributed by atoms with van der Waals surface area (Å²) in [5.41, 5.74) is 1.02. The van der Waals surface area contributed by atoms with E-state index in [2.05, 4.69) is 27.6 Å². The summed E-state index contributed by atoms with van der Waals surface area (Å²) in [5.74, 6) is 0. The molecule has 0 aromatic carbocycles. The van der Waals surface area contributed by atoms with Gasteiger partial charge >= 0.3 is 0 Å². The van der Waals surface area contributed by atoms with Gasteiger partial charge < -0.3 is 0 Å². The minimum Gasteiger partial charge on any atom is -0.267 e. The smallest absolute Gasteiger partial charge is 0.128 e. The number of aryl methyl sites for hydroxylation is 1. The average Bonchev–Trinajstić information content (AvgIpc) is 2.10. The Kier molecular flexibility index (Phi) is 1.71. The van der Waals surface area contributed by atoms with Crippen molar-refractivity contribution in [1.29, 1.82) is 0 Å². The van der Waals surface area contributed by atoms with Gasteiger partial charge in [-0.3, -0.25) is 4.68 Å². The van der Waals surface area contributed by atoms with E-state index in [9.17, 15) is 0 Å². The van der Waals surface area contributed by atoms with E-state index in [0.29, 0.717) is 0 Å². The van der Waals surface area contributed by atoms with E-state index in [1.54, 1.807) is 10.8 Å². The van der Waals surface area contributed by atoms with Crippen molar-refractivity contribution in [1.82, 2.24) is 9.78 Å². The molecule has 0 aliphatic carbocycles. The summed E-state index contributed by atoms with van der Waals surface area (Å²) in [5, 5.41) is 4.04. The first-order valence-electron chi connectivity index (χ1n) is 2.56. The molecule has 0 atom stereocenters. The van der Waals surface area contributed by atoms with Crippen LogP contribution in [0.25, 0.3) is 6.08 Å². The van der Waals surface area contributed by atoms with Crippen LogP contribution in [-0.2, 0) is 7.05 Å². The molecule has 3 heteroatoms. The summed E-state index contributed by atoms with van der Waals surface area (Å²) in [4.78, 5) is 0. The third-order valence-electron chi connectivity index (χ3n) is 1.10. The van der Waals surface area contributed by atoms with Crippen LogP contribution in [0.5, 0.6) is 0 Å². The minimum atomic E-state index is 0.847. The molecule has 1 aromatic heterocycles. The van der Waals surface area contributed by atoms with Crippen LogP contribution in [0, 0.1) is 0 Å². The number of aromatic nitrogens is 2. The molecule has 2 nitrogen and oxygen atoms in total. The quantitative estimate of drug-likeness (QED) is 0.655. The van der Waals surface area contributed by atoms with Crippen molar-refractivity contribution in [3.8, 4) is 0 Å². The molecule has 9 heavy (non-hydrogen) atoms. The number of nitrogens with zero attached hydrogens (tertiary/aromatic N) is 2. The fourth-order valence-electron chi connectivity index (χ4n) is 0.636. The Labute approximate surface area is 62.3 Å². The zero-order valence-corrected chi connectivity index (χ0v) is 6.72. The van der Waals surface area contributed by atoms with Gasteiger partial charge in [-0.15, -0.1) is 0 Å². The third kappa shape index (κ3) is 1.21. The maximum Gasteiger partial charge on any atom is 0.128 e. The van der Waals surface area contributed by atoms with Crippen LogP contribution in [0.4, 0.5) is 0 Å². The molecule has 1 rings (SSSR count). The van der Waals surface area contributed by atoms with Crippen LogP contribution in [0.3, 0.4) is 0 Å². The van der Waals surface area contributed by atoms with Crippen LogP contribution in [0.2, 0.25) is 0 Å². The van der Waals surface area contributed by atoms with Crippen LogP contribution in [-0.4, -0.2) is 9.78 Å². The molecule has 0 fully saturated rings. The van der Waals surface area contributed by atoms with E-state index in [-0.39, 0.29) is 0 Å². The van der Waals surface area contributed by atoms with Crippen molar-refractivity contribution < 1.29 is 0 Å². The summed E-state index contributed by atoms with van der Waals surface area (Å²) in [7, 11) is 1.88. The largest absolute Gasteiger partial charge is 0.267 e. The lowest BCUT2D eigenvalue weighted by atomic mass is 10.4. The SMILES string of the molecule is C=Cc1cc(Br)nn1C. The molecule has 0 bridgehead atoms. The van der Waals surface area contributed by atoms with Gasteiger partial charge in [-0.25, -0.2) is 0 Å². The molecule has 0 amide bonds. The Morgan fingerprint density at radius 2 is 2.56 bits per heavy atom. The lowest BCUT2D eigenvalue weighted by Crippen LogP contribution is -1.91. The Morgan fingerprint density at radius 3 is 2.78 bits per heavy atom. The van der Waals surface area contributed by atoms with Crippen LogP contribution >= 0.6 is 15.9 Å². The molecule has 0 saturated carbocycles. The number of rotatable bonds is 1. The second-order valence-corrected chi connectivity index (χ2v) is 2.53. The van der Waals surface area contributed by atoms with E-state index < -0.39 is 0 Å². The second-order valence-electron chi connectivity index (χ2n) is 1.72. The zero-order valence-electron chi connectivity index (χ0n) is 5.13. The zero-order chi connectivity index (χ0) is 6.85.